The van der Waals surface area contributed by atoms with E-state index >= 15 is 0 Å². The van der Waals surface area contributed by atoms with Gasteiger partial charge in [-0.3, -0.25) is 4.79 Å². The Labute approximate surface area is 102 Å². The number of carbonyl (C=O) groups excluding carboxylic acids is 1. The SMILES string of the molecule is COC(=O)C(C)CN1CCC2(CC1)OCCO2. The number of hydrogen-bond donors (Lipinski definition) is 0. The number of nitrogens with zero attached hydrogens (tertiary/aromatic N) is 1. The normalized spacial score (nSPS) is 26.0. The first-order chi connectivity index (χ1) is 8.15. The standard InChI is InChI=1S/C12H21NO4/c1-10(11(14)15-2)9-13-5-3-12(4-6-13)16-7-8-17-12/h10H,3-9H2,1-2H3. The maximum atomic E-state index is 11.3. The van der Waals surface area contributed by atoms with E-state index in [1.165, 1.54) is 7.11 Å². The Morgan fingerprint density at radius 1 is 1.35 bits per heavy atom. The molecule has 2 heterocycles. The zero-order chi connectivity index (χ0) is 12.3. The van der Waals surface area contributed by atoms with Crippen molar-refractivity contribution < 1.29 is 19.0 Å². The number of likely N-dealkylation sites (tertiary alicyclic amines) is 1. The average molecular weight is 243 g/mol. The lowest BCUT2D eigenvalue weighted by Crippen LogP contribution is -2.46. The molecule has 1 unspecified atom stereocenters. The molecule has 2 rings (SSSR count). The maximum Gasteiger partial charge on any atom is 0.309 e. The minimum atomic E-state index is -0.328. The third-order valence-corrected chi connectivity index (χ3v) is 3.57. The predicted octanol–water partition coefficient (Wildman–Crippen LogP) is 0.634. The molecule has 2 saturated heterocycles. The van der Waals surface area contributed by atoms with Gasteiger partial charge in [0, 0.05) is 32.5 Å². The minimum Gasteiger partial charge on any atom is -0.469 e. The monoisotopic (exact) mass is 243 g/mol. The van der Waals surface area contributed by atoms with Crippen LogP contribution in [0.2, 0.25) is 0 Å². The molecule has 0 saturated carbocycles. The molecule has 0 aromatic carbocycles. The smallest absolute Gasteiger partial charge is 0.309 e. The van der Waals surface area contributed by atoms with E-state index in [0.717, 1.165) is 32.5 Å². The highest BCUT2D eigenvalue weighted by Gasteiger charge is 2.40. The molecule has 0 aromatic rings. The van der Waals surface area contributed by atoms with Gasteiger partial charge in [-0.1, -0.05) is 6.92 Å². The summed E-state index contributed by atoms with van der Waals surface area (Å²) in [7, 11) is 1.43. The van der Waals surface area contributed by atoms with E-state index in [4.69, 9.17) is 14.2 Å². The molecular weight excluding hydrogens is 222 g/mol. The Balaban J connectivity index is 1.77. The van der Waals surface area contributed by atoms with Crippen molar-refractivity contribution in [2.75, 3.05) is 40.0 Å². The summed E-state index contributed by atoms with van der Waals surface area (Å²) in [6.07, 6.45) is 1.78. The summed E-state index contributed by atoms with van der Waals surface area (Å²) in [4.78, 5) is 13.6. The summed E-state index contributed by atoms with van der Waals surface area (Å²) in [5.41, 5.74) is 0. The minimum absolute atomic E-state index is 0.0699. The fourth-order valence-corrected chi connectivity index (χ4v) is 2.52. The Bertz CT molecular complexity index is 266. The largest absolute Gasteiger partial charge is 0.469 e. The molecule has 5 heteroatoms. The Morgan fingerprint density at radius 3 is 2.47 bits per heavy atom. The maximum absolute atomic E-state index is 11.3. The third kappa shape index (κ3) is 2.97. The van der Waals surface area contributed by atoms with E-state index in [0.29, 0.717) is 13.2 Å². The van der Waals surface area contributed by atoms with Crippen LogP contribution in [0.4, 0.5) is 0 Å². The molecular formula is C12H21NO4. The van der Waals surface area contributed by atoms with Gasteiger partial charge < -0.3 is 19.1 Å². The van der Waals surface area contributed by atoms with Crippen molar-refractivity contribution in [2.45, 2.75) is 25.6 Å². The topological polar surface area (TPSA) is 48.0 Å². The van der Waals surface area contributed by atoms with Crippen molar-refractivity contribution in [1.29, 1.82) is 0 Å². The van der Waals surface area contributed by atoms with Crippen molar-refractivity contribution >= 4 is 5.97 Å². The van der Waals surface area contributed by atoms with Crippen LogP contribution in [0.15, 0.2) is 0 Å². The molecule has 2 aliphatic rings. The molecule has 5 nitrogen and oxygen atoms in total. The average Bonchev–Trinajstić information content (AvgIpc) is 2.80. The van der Waals surface area contributed by atoms with Crippen molar-refractivity contribution in [1.82, 2.24) is 4.90 Å². The zero-order valence-corrected chi connectivity index (χ0v) is 10.6. The quantitative estimate of drug-likeness (QED) is 0.681. The fourth-order valence-electron chi connectivity index (χ4n) is 2.52. The van der Waals surface area contributed by atoms with Crippen molar-refractivity contribution in [3.8, 4) is 0 Å². The van der Waals surface area contributed by atoms with Gasteiger partial charge in [0.05, 0.1) is 26.2 Å². The number of carbonyl (C=O) groups is 1. The summed E-state index contributed by atoms with van der Waals surface area (Å²) >= 11 is 0. The van der Waals surface area contributed by atoms with E-state index in [1.54, 1.807) is 0 Å². The van der Waals surface area contributed by atoms with Gasteiger partial charge in [0.1, 0.15) is 0 Å². The Kier molecular flexibility index (Phi) is 4.01. The van der Waals surface area contributed by atoms with Gasteiger partial charge in [-0.25, -0.2) is 0 Å². The van der Waals surface area contributed by atoms with Crippen molar-refractivity contribution in [2.24, 2.45) is 5.92 Å². The first kappa shape index (κ1) is 12.8. The molecule has 1 atom stereocenters. The van der Waals surface area contributed by atoms with Gasteiger partial charge in [-0.15, -0.1) is 0 Å². The predicted molar refractivity (Wildman–Crippen MR) is 61.5 cm³/mol. The number of rotatable bonds is 3. The molecule has 2 aliphatic heterocycles. The van der Waals surface area contributed by atoms with Crippen molar-refractivity contribution in [3.63, 3.8) is 0 Å². The van der Waals surface area contributed by atoms with E-state index in [2.05, 4.69) is 4.90 Å². The van der Waals surface area contributed by atoms with Crippen LogP contribution in [0.1, 0.15) is 19.8 Å². The Hall–Kier alpha value is -0.650. The van der Waals surface area contributed by atoms with Gasteiger partial charge >= 0.3 is 5.97 Å². The molecule has 2 fully saturated rings. The first-order valence-corrected chi connectivity index (χ1v) is 6.23. The molecule has 0 bridgehead atoms. The Morgan fingerprint density at radius 2 is 1.94 bits per heavy atom. The second-order valence-electron chi connectivity index (χ2n) is 4.83. The van der Waals surface area contributed by atoms with Gasteiger partial charge in [-0.05, 0) is 0 Å². The highest BCUT2D eigenvalue weighted by Crippen LogP contribution is 2.31. The third-order valence-electron chi connectivity index (χ3n) is 3.57. The number of hydrogen-bond acceptors (Lipinski definition) is 5. The van der Waals surface area contributed by atoms with E-state index in [-0.39, 0.29) is 17.7 Å². The molecule has 0 aromatic heterocycles. The van der Waals surface area contributed by atoms with Crippen LogP contribution in [0.5, 0.6) is 0 Å². The molecule has 1 spiro atoms. The van der Waals surface area contributed by atoms with Crippen molar-refractivity contribution in [3.05, 3.63) is 0 Å². The van der Waals surface area contributed by atoms with Crippen LogP contribution in [0.25, 0.3) is 0 Å². The second kappa shape index (κ2) is 5.33. The van der Waals surface area contributed by atoms with Crippen LogP contribution in [0.3, 0.4) is 0 Å². The van der Waals surface area contributed by atoms with Crippen LogP contribution < -0.4 is 0 Å². The van der Waals surface area contributed by atoms with Gasteiger partial charge in [0.2, 0.25) is 0 Å². The van der Waals surface area contributed by atoms with Gasteiger partial charge in [0.15, 0.2) is 5.79 Å². The molecule has 0 N–H and O–H groups in total. The summed E-state index contributed by atoms with van der Waals surface area (Å²) in [5.74, 6) is -0.538. The molecule has 98 valence electrons. The summed E-state index contributed by atoms with van der Waals surface area (Å²) in [6, 6.07) is 0. The van der Waals surface area contributed by atoms with Crippen LogP contribution >= 0.6 is 0 Å². The van der Waals surface area contributed by atoms with Gasteiger partial charge in [0.25, 0.3) is 0 Å². The second-order valence-corrected chi connectivity index (χ2v) is 4.83. The zero-order valence-electron chi connectivity index (χ0n) is 10.6. The molecule has 0 aliphatic carbocycles. The first-order valence-electron chi connectivity index (χ1n) is 6.23. The fraction of sp³-hybridized carbons (Fsp3) is 0.917. The molecule has 0 radical (unpaired) electrons. The highest BCUT2D eigenvalue weighted by molar-refractivity contribution is 5.72. The van der Waals surface area contributed by atoms with Crippen LogP contribution in [0, 0.1) is 5.92 Å². The summed E-state index contributed by atoms with van der Waals surface area (Å²) in [6.45, 7) is 5.90. The van der Waals surface area contributed by atoms with Gasteiger partial charge in [-0.2, -0.15) is 0 Å². The van der Waals surface area contributed by atoms with E-state index < -0.39 is 0 Å². The van der Waals surface area contributed by atoms with E-state index in [9.17, 15) is 4.79 Å². The van der Waals surface area contributed by atoms with E-state index in [1.807, 2.05) is 6.92 Å². The lowest BCUT2D eigenvalue weighted by molar-refractivity contribution is -0.186. The van der Waals surface area contributed by atoms with Crippen LogP contribution in [-0.2, 0) is 19.0 Å². The highest BCUT2D eigenvalue weighted by atomic mass is 16.7. The number of esters is 1. The number of piperidine rings is 1. The summed E-state index contributed by atoms with van der Waals surface area (Å²) in [5, 5.41) is 0. The number of methoxy groups -OCH3 is 1. The summed E-state index contributed by atoms with van der Waals surface area (Å²) < 4.78 is 16.1. The molecule has 17 heavy (non-hydrogen) atoms. The lowest BCUT2D eigenvalue weighted by Gasteiger charge is -2.38. The lowest BCUT2D eigenvalue weighted by atomic mass is 10.0. The van der Waals surface area contributed by atoms with Crippen LogP contribution in [-0.4, -0.2) is 56.6 Å². The number of ether oxygens (including phenoxy) is 3. The molecule has 0 amide bonds.